The number of esters is 1. The molecule has 0 saturated heterocycles. The van der Waals surface area contributed by atoms with E-state index in [9.17, 15) is 19.8 Å². The molecule has 6 nitrogen and oxygen atoms in total. The summed E-state index contributed by atoms with van der Waals surface area (Å²) in [5.74, 6) is -0.0502. The van der Waals surface area contributed by atoms with E-state index in [0.717, 1.165) is 57.8 Å². The molecule has 0 fully saturated rings. The summed E-state index contributed by atoms with van der Waals surface area (Å²) in [6.07, 6.45) is 64.4. The summed E-state index contributed by atoms with van der Waals surface area (Å²) in [7, 11) is 0. The van der Waals surface area contributed by atoms with Crippen molar-refractivity contribution in [2.75, 3.05) is 13.2 Å². The standard InChI is InChI=1S/C58H111NO5/c1-3-5-7-9-11-13-15-17-19-20-21-22-23-28-32-36-40-44-48-52-58(63)64-53-49-45-41-37-33-29-25-24-27-31-35-39-43-47-51-57(62)59-55(54-60)56(61)50-46-42-38-34-30-26-18-16-14-12-10-8-6-4-2/h11,13,17,19,55-56,60-61H,3-10,12,14-16,18,20-54H2,1-2H3,(H,59,62)/b13-11-,19-17-. The van der Waals surface area contributed by atoms with Gasteiger partial charge in [-0.15, -0.1) is 0 Å². The van der Waals surface area contributed by atoms with Gasteiger partial charge >= 0.3 is 5.97 Å². The lowest BCUT2D eigenvalue weighted by molar-refractivity contribution is -0.143. The van der Waals surface area contributed by atoms with E-state index in [-0.39, 0.29) is 18.5 Å². The van der Waals surface area contributed by atoms with Gasteiger partial charge in [-0.25, -0.2) is 0 Å². The van der Waals surface area contributed by atoms with Gasteiger partial charge in [0.05, 0.1) is 25.4 Å². The molecule has 378 valence electrons. The molecule has 0 aliphatic carbocycles. The molecule has 0 aliphatic rings. The van der Waals surface area contributed by atoms with E-state index >= 15 is 0 Å². The topological polar surface area (TPSA) is 95.9 Å². The first-order chi connectivity index (χ1) is 31.5. The minimum absolute atomic E-state index is 0.00561. The van der Waals surface area contributed by atoms with Gasteiger partial charge in [0.25, 0.3) is 0 Å². The van der Waals surface area contributed by atoms with Crippen molar-refractivity contribution in [3.05, 3.63) is 24.3 Å². The third-order valence-corrected chi connectivity index (χ3v) is 13.3. The molecular weight excluding hydrogens is 791 g/mol. The molecule has 0 spiro atoms. The van der Waals surface area contributed by atoms with Gasteiger partial charge in [-0.2, -0.15) is 0 Å². The van der Waals surface area contributed by atoms with E-state index in [1.165, 1.54) is 218 Å². The van der Waals surface area contributed by atoms with Crippen LogP contribution in [0.4, 0.5) is 0 Å². The van der Waals surface area contributed by atoms with E-state index in [2.05, 4.69) is 43.5 Å². The number of nitrogens with one attached hydrogen (secondary N) is 1. The maximum absolute atomic E-state index is 12.5. The van der Waals surface area contributed by atoms with Crippen LogP contribution in [0.1, 0.15) is 309 Å². The molecule has 0 saturated carbocycles. The van der Waals surface area contributed by atoms with Crippen LogP contribution in [-0.4, -0.2) is 47.4 Å². The summed E-state index contributed by atoms with van der Waals surface area (Å²) in [5, 5.41) is 23.2. The van der Waals surface area contributed by atoms with Crippen LogP contribution in [0.5, 0.6) is 0 Å². The average Bonchev–Trinajstić information content (AvgIpc) is 3.29. The number of allylic oxidation sites excluding steroid dienone is 4. The molecular formula is C58H111NO5. The fourth-order valence-electron chi connectivity index (χ4n) is 8.85. The number of carbonyl (C=O) groups is 2. The molecule has 3 N–H and O–H groups in total. The van der Waals surface area contributed by atoms with Crippen molar-refractivity contribution in [1.82, 2.24) is 5.32 Å². The van der Waals surface area contributed by atoms with E-state index in [1.807, 2.05) is 0 Å². The second-order valence-electron chi connectivity index (χ2n) is 19.6. The average molecular weight is 903 g/mol. The molecule has 0 aliphatic heterocycles. The first kappa shape index (κ1) is 62.3. The predicted molar refractivity (Wildman–Crippen MR) is 278 cm³/mol. The SMILES string of the molecule is CCCCC/C=C\C/C=C\CCCCCCCCCCCC(=O)OCCCCCCCCCCCCCCCCC(=O)NC(CO)C(O)CCCCCCCCCCCCCCCC. The minimum atomic E-state index is -0.671. The molecule has 0 rings (SSSR count). The summed E-state index contributed by atoms with van der Waals surface area (Å²) in [4.78, 5) is 24.5. The highest BCUT2D eigenvalue weighted by Gasteiger charge is 2.20. The zero-order valence-corrected chi connectivity index (χ0v) is 43.0. The third kappa shape index (κ3) is 49.8. The van der Waals surface area contributed by atoms with E-state index in [0.29, 0.717) is 25.9 Å². The summed E-state index contributed by atoms with van der Waals surface area (Å²) in [6.45, 7) is 4.91. The Labute approximate surface area is 399 Å². The lowest BCUT2D eigenvalue weighted by Crippen LogP contribution is -2.45. The Morgan fingerprint density at radius 1 is 0.438 bits per heavy atom. The Balaban J connectivity index is 3.42. The molecule has 2 unspecified atom stereocenters. The Kier molecular flexibility index (Phi) is 52.6. The fourth-order valence-corrected chi connectivity index (χ4v) is 8.85. The first-order valence-corrected chi connectivity index (χ1v) is 28.6. The highest BCUT2D eigenvalue weighted by Crippen LogP contribution is 2.17. The molecule has 6 heteroatoms. The highest BCUT2D eigenvalue weighted by molar-refractivity contribution is 5.76. The first-order valence-electron chi connectivity index (χ1n) is 28.6. The third-order valence-electron chi connectivity index (χ3n) is 13.3. The Morgan fingerprint density at radius 3 is 1.22 bits per heavy atom. The maximum atomic E-state index is 12.5. The van der Waals surface area contributed by atoms with Crippen molar-refractivity contribution in [2.24, 2.45) is 0 Å². The van der Waals surface area contributed by atoms with Crippen LogP contribution in [0.3, 0.4) is 0 Å². The molecule has 0 heterocycles. The van der Waals surface area contributed by atoms with Crippen molar-refractivity contribution < 1.29 is 24.5 Å². The number of rotatable bonds is 53. The number of aliphatic hydroxyl groups is 2. The second-order valence-corrected chi connectivity index (χ2v) is 19.6. The quantitative estimate of drug-likeness (QED) is 0.0321. The summed E-state index contributed by atoms with van der Waals surface area (Å²) in [6, 6.07) is -0.549. The predicted octanol–water partition coefficient (Wildman–Crippen LogP) is 17.5. The van der Waals surface area contributed by atoms with Crippen LogP contribution in [0.2, 0.25) is 0 Å². The van der Waals surface area contributed by atoms with Gasteiger partial charge in [-0.1, -0.05) is 263 Å². The van der Waals surface area contributed by atoms with Crippen molar-refractivity contribution in [3.8, 4) is 0 Å². The minimum Gasteiger partial charge on any atom is -0.466 e. The number of carbonyl (C=O) groups excluding carboxylic acids is 2. The van der Waals surface area contributed by atoms with Gasteiger partial charge in [0, 0.05) is 12.8 Å². The van der Waals surface area contributed by atoms with E-state index in [4.69, 9.17) is 4.74 Å². The zero-order valence-electron chi connectivity index (χ0n) is 43.0. The summed E-state index contributed by atoms with van der Waals surface area (Å²) < 4.78 is 5.48. The van der Waals surface area contributed by atoms with E-state index < -0.39 is 12.1 Å². The molecule has 0 aromatic carbocycles. The lowest BCUT2D eigenvalue weighted by atomic mass is 10.0. The van der Waals surface area contributed by atoms with Crippen LogP contribution in [-0.2, 0) is 14.3 Å². The van der Waals surface area contributed by atoms with Crippen LogP contribution < -0.4 is 5.32 Å². The summed E-state index contributed by atoms with van der Waals surface area (Å²) in [5.41, 5.74) is 0. The Bertz CT molecular complexity index is 997. The van der Waals surface area contributed by atoms with Crippen LogP contribution in [0.25, 0.3) is 0 Å². The second kappa shape index (κ2) is 54.0. The number of unbranched alkanes of at least 4 members (excludes halogenated alkanes) is 38. The van der Waals surface area contributed by atoms with Gasteiger partial charge < -0.3 is 20.3 Å². The van der Waals surface area contributed by atoms with Gasteiger partial charge in [0.1, 0.15) is 0 Å². The molecule has 64 heavy (non-hydrogen) atoms. The van der Waals surface area contributed by atoms with Gasteiger partial charge in [-0.3, -0.25) is 9.59 Å². The molecule has 0 aromatic rings. The number of hydrogen-bond donors (Lipinski definition) is 3. The monoisotopic (exact) mass is 902 g/mol. The fraction of sp³-hybridized carbons (Fsp3) is 0.897. The van der Waals surface area contributed by atoms with Crippen molar-refractivity contribution in [1.29, 1.82) is 0 Å². The lowest BCUT2D eigenvalue weighted by Gasteiger charge is -2.22. The molecule has 1 amide bonds. The van der Waals surface area contributed by atoms with Crippen LogP contribution in [0.15, 0.2) is 24.3 Å². The van der Waals surface area contributed by atoms with Crippen molar-refractivity contribution in [3.63, 3.8) is 0 Å². The number of aliphatic hydroxyl groups excluding tert-OH is 2. The normalized spacial score (nSPS) is 12.8. The molecule has 0 bridgehead atoms. The maximum Gasteiger partial charge on any atom is 0.305 e. The largest absolute Gasteiger partial charge is 0.466 e. The van der Waals surface area contributed by atoms with Crippen LogP contribution in [0, 0.1) is 0 Å². The molecule has 0 radical (unpaired) electrons. The van der Waals surface area contributed by atoms with Crippen molar-refractivity contribution >= 4 is 11.9 Å². The molecule has 0 aromatic heterocycles. The number of amides is 1. The Hall–Kier alpha value is -1.66. The zero-order chi connectivity index (χ0) is 46.5. The number of ether oxygens (including phenoxy) is 1. The van der Waals surface area contributed by atoms with Gasteiger partial charge in [0.15, 0.2) is 0 Å². The Morgan fingerprint density at radius 2 is 0.781 bits per heavy atom. The molecule has 2 atom stereocenters. The van der Waals surface area contributed by atoms with Crippen molar-refractivity contribution in [2.45, 2.75) is 321 Å². The van der Waals surface area contributed by atoms with Gasteiger partial charge in [-0.05, 0) is 57.8 Å². The van der Waals surface area contributed by atoms with Gasteiger partial charge in [0.2, 0.25) is 5.91 Å². The van der Waals surface area contributed by atoms with Crippen LogP contribution >= 0.6 is 0 Å². The summed E-state index contributed by atoms with van der Waals surface area (Å²) >= 11 is 0. The van der Waals surface area contributed by atoms with E-state index in [1.54, 1.807) is 0 Å². The number of hydrogen-bond acceptors (Lipinski definition) is 5. The highest BCUT2D eigenvalue weighted by atomic mass is 16.5. The smallest absolute Gasteiger partial charge is 0.305 e.